The number of benzene rings is 1. The number of hydrogen-bond donors (Lipinski definition) is 1. The highest BCUT2D eigenvalue weighted by Crippen LogP contribution is 2.35. The third-order valence-electron chi connectivity index (χ3n) is 4.05. The van der Waals surface area contributed by atoms with E-state index in [-0.39, 0.29) is 6.10 Å². The van der Waals surface area contributed by atoms with Crippen molar-refractivity contribution in [2.75, 3.05) is 0 Å². The zero-order valence-corrected chi connectivity index (χ0v) is 11.8. The molecule has 0 aromatic heterocycles. The normalized spacial score (nSPS) is 18.1. The molecule has 18 heavy (non-hydrogen) atoms. The lowest BCUT2D eigenvalue weighted by atomic mass is 9.93. The van der Waals surface area contributed by atoms with Crippen molar-refractivity contribution in [3.63, 3.8) is 0 Å². The molecule has 1 heteroatoms. The first-order valence-corrected chi connectivity index (χ1v) is 7.58. The summed E-state index contributed by atoms with van der Waals surface area (Å²) in [5.74, 6) is 0. The molecule has 1 atom stereocenters. The average Bonchev–Trinajstić information content (AvgIpc) is 2.75. The molecule has 0 saturated heterocycles. The van der Waals surface area contributed by atoms with E-state index in [1.807, 2.05) is 0 Å². The second-order valence-corrected chi connectivity index (χ2v) is 5.59. The van der Waals surface area contributed by atoms with Gasteiger partial charge >= 0.3 is 0 Å². The second-order valence-electron chi connectivity index (χ2n) is 5.59. The summed E-state index contributed by atoms with van der Waals surface area (Å²) in [6.45, 7) is 4.48. The minimum Gasteiger partial charge on any atom is -0.388 e. The quantitative estimate of drug-likeness (QED) is 0.791. The largest absolute Gasteiger partial charge is 0.388 e. The van der Waals surface area contributed by atoms with Crippen LogP contribution in [-0.4, -0.2) is 5.11 Å². The van der Waals surface area contributed by atoms with E-state index in [4.69, 9.17) is 0 Å². The lowest BCUT2D eigenvalue weighted by Gasteiger charge is -2.14. The van der Waals surface area contributed by atoms with E-state index in [1.54, 1.807) is 0 Å². The van der Waals surface area contributed by atoms with E-state index >= 15 is 0 Å². The molecule has 1 aliphatic rings. The van der Waals surface area contributed by atoms with Crippen molar-refractivity contribution in [1.29, 1.82) is 0 Å². The number of aliphatic hydroxyl groups excluding tert-OH is 1. The summed E-state index contributed by atoms with van der Waals surface area (Å²) in [5, 5.41) is 10.1. The first kappa shape index (κ1) is 13.6. The Hall–Kier alpha value is -0.820. The fourth-order valence-electron chi connectivity index (χ4n) is 3.02. The van der Waals surface area contributed by atoms with Crippen molar-refractivity contribution in [3.8, 4) is 0 Å². The Morgan fingerprint density at radius 1 is 1.11 bits per heavy atom. The first-order chi connectivity index (χ1) is 8.76. The molecule has 0 amide bonds. The first-order valence-electron chi connectivity index (χ1n) is 7.58. The van der Waals surface area contributed by atoms with Crippen LogP contribution in [0.3, 0.4) is 0 Å². The van der Waals surface area contributed by atoms with E-state index < -0.39 is 0 Å². The van der Waals surface area contributed by atoms with Crippen LogP contribution in [0.5, 0.6) is 0 Å². The third-order valence-corrected chi connectivity index (χ3v) is 4.05. The van der Waals surface area contributed by atoms with Gasteiger partial charge in [-0.3, -0.25) is 0 Å². The molecule has 0 aliphatic heterocycles. The molecule has 0 fully saturated rings. The lowest BCUT2D eigenvalue weighted by molar-refractivity contribution is 0.179. The van der Waals surface area contributed by atoms with Gasteiger partial charge in [0.2, 0.25) is 0 Å². The molecular weight excluding hydrogens is 220 g/mol. The Balaban J connectivity index is 2.26. The zero-order chi connectivity index (χ0) is 13.0. The van der Waals surface area contributed by atoms with E-state index in [0.29, 0.717) is 0 Å². The monoisotopic (exact) mass is 246 g/mol. The molecule has 0 spiro atoms. The topological polar surface area (TPSA) is 20.2 Å². The molecule has 1 N–H and O–H groups in total. The van der Waals surface area contributed by atoms with Gasteiger partial charge in [0, 0.05) is 0 Å². The van der Waals surface area contributed by atoms with Gasteiger partial charge in [0.05, 0.1) is 6.10 Å². The number of unbranched alkanes of at least 4 members (excludes halogenated alkanes) is 2. The van der Waals surface area contributed by atoms with Crippen molar-refractivity contribution in [2.24, 2.45) is 0 Å². The van der Waals surface area contributed by atoms with E-state index in [9.17, 15) is 5.11 Å². The van der Waals surface area contributed by atoms with Gasteiger partial charge in [0.1, 0.15) is 0 Å². The van der Waals surface area contributed by atoms with Gasteiger partial charge in [-0.15, -0.1) is 0 Å². The Morgan fingerprint density at radius 2 is 1.83 bits per heavy atom. The van der Waals surface area contributed by atoms with Crippen LogP contribution in [-0.2, 0) is 19.3 Å². The molecule has 0 heterocycles. The van der Waals surface area contributed by atoms with E-state index in [1.165, 1.54) is 54.4 Å². The molecule has 0 bridgehead atoms. The molecular formula is C17H26O. The highest BCUT2D eigenvalue weighted by molar-refractivity contribution is 5.44. The Morgan fingerprint density at radius 3 is 2.56 bits per heavy atom. The zero-order valence-electron chi connectivity index (χ0n) is 11.8. The van der Waals surface area contributed by atoms with E-state index in [0.717, 1.165) is 19.3 Å². The minimum absolute atomic E-state index is 0.202. The lowest BCUT2D eigenvalue weighted by Crippen LogP contribution is -2.01. The van der Waals surface area contributed by atoms with Crippen molar-refractivity contribution < 1.29 is 5.11 Å². The molecule has 2 rings (SSSR count). The Bertz CT molecular complexity index is 395. The van der Waals surface area contributed by atoms with Crippen LogP contribution >= 0.6 is 0 Å². The summed E-state index contributed by atoms with van der Waals surface area (Å²) >= 11 is 0. The van der Waals surface area contributed by atoms with Gasteiger partial charge < -0.3 is 5.11 Å². The molecule has 1 aliphatic carbocycles. The molecule has 0 radical (unpaired) electrons. The summed E-state index contributed by atoms with van der Waals surface area (Å²) in [6, 6.07) is 4.70. The number of rotatable bonds is 6. The minimum atomic E-state index is -0.202. The Labute approximate surface area is 111 Å². The maximum atomic E-state index is 10.1. The maximum Gasteiger partial charge on any atom is 0.0798 e. The summed E-state index contributed by atoms with van der Waals surface area (Å²) in [7, 11) is 0. The molecule has 0 saturated carbocycles. The maximum absolute atomic E-state index is 10.1. The molecule has 1 aromatic carbocycles. The predicted molar refractivity (Wildman–Crippen MR) is 76.9 cm³/mol. The predicted octanol–water partition coefficient (Wildman–Crippen LogP) is 4.35. The number of fused-ring (bicyclic) bond motifs is 1. The number of aryl methyl sites for hydroxylation is 3. The van der Waals surface area contributed by atoms with Crippen molar-refractivity contribution >= 4 is 0 Å². The molecule has 1 aromatic rings. The van der Waals surface area contributed by atoms with Gasteiger partial charge in [0.15, 0.2) is 0 Å². The highest BCUT2D eigenvalue weighted by atomic mass is 16.3. The van der Waals surface area contributed by atoms with Crippen LogP contribution in [0.15, 0.2) is 12.1 Å². The van der Waals surface area contributed by atoms with Crippen LogP contribution in [0.1, 0.15) is 74.3 Å². The van der Waals surface area contributed by atoms with Gasteiger partial charge in [-0.25, -0.2) is 0 Å². The van der Waals surface area contributed by atoms with E-state index in [2.05, 4.69) is 26.0 Å². The molecule has 100 valence electrons. The average molecular weight is 246 g/mol. The van der Waals surface area contributed by atoms with Crippen LogP contribution in [0.4, 0.5) is 0 Å². The fraction of sp³-hybridized carbons (Fsp3) is 0.647. The van der Waals surface area contributed by atoms with Crippen molar-refractivity contribution in [2.45, 2.75) is 71.3 Å². The van der Waals surface area contributed by atoms with Gasteiger partial charge in [-0.1, -0.05) is 38.8 Å². The summed E-state index contributed by atoms with van der Waals surface area (Å²) < 4.78 is 0. The molecule has 1 nitrogen and oxygen atoms in total. The summed E-state index contributed by atoms with van der Waals surface area (Å²) in [6.07, 6.45) is 9.10. The summed E-state index contributed by atoms with van der Waals surface area (Å²) in [4.78, 5) is 0. The van der Waals surface area contributed by atoms with Gasteiger partial charge in [0.25, 0.3) is 0 Å². The van der Waals surface area contributed by atoms with Gasteiger partial charge in [-0.05, 0) is 60.8 Å². The van der Waals surface area contributed by atoms with Crippen LogP contribution in [0.2, 0.25) is 0 Å². The van der Waals surface area contributed by atoms with Gasteiger partial charge in [-0.2, -0.15) is 0 Å². The Kier molecular flexibility index (Phi) is 4.82. The third kappa shape index (κ3) is 2.95. The van der Waals surface area contributed by atoms with Crippen molar-refractivity contribution in [1.82, 2.24) is 0 Å². The second kappa shape index (κ2) is 6.38. The smallest absolute Gasteiger partial charge is 0.0798 e. The SMILES string of the molecule is CCCCc1cc(CCCC)c2c(c1)CCC2O. The number of hydrogen-bond acceptors (Lipinski definition) is 1. The van der Waals surface area contributed by atoms with Crippen LogP contribution in [0, 0.1) is 0 Å². The van der Waals surface area contributed by atoms with Crippen molar-refractivity contribution in [3.05, 3.63) is 34.4 Å². The standard InChI is InChI=1S/C17H26O/c1-3-5-7-13-11-14(8-6-4-2)17-15(12-13)9-10-16(17)18/h11-12,16,18H,3-10H2,1-2H3. The van der Waals surface area contributed by atoms with Crippen LogP contribution in [0.25, 0.3) is 0 Å². The molecule has 1 unspecified atom stereocenters. The summed E-state index contributed by atoms with van der Waals surface area (Å²) in [5.41, 5.74) is 5.59. The van der Waals surface area contributed by atoms with Crippen LogP contribution < -0.4 is 0 Å². The fourth-order valence-corrected chi connectivity index (χ4v) is 3.02. The number of aliphatic hydroxyl groups is 1. The highest BCUT2D eigenvalue weighted by Gasteiger charge is 2.23.